The molecule has 0 amide bonds. The van der Waals surface area contributed by atoms with E-state index in [1.807, 2.05) is 17.5 Å². The number of halogens is 3. The lowest BCUT2D eigenvalue weighted by Crippen LogP contribution is -2.46. The number of alkyl halides is 3. The van der Waals surface area contributed by atoms with Crippen LogP contribution in [0.2, 0.25) is 0 Å². The molecule has 0 bridgehead atoms. The first-order chi connectivity index (χ1) is 14.0. The fraction of sp³-hybridized carbons (Fsp3) is 0.650. The van der Waals surface area contributed by atoms with Gasteiger partial charge in [0.05, 0.1) is 5.01 Å². The SMILES string of the molecule is FC(F)(F)c1cc(N(C2CC2)C2CCN(Cc3cnc(C4CC4)s3)CC2)ncn1. The third kappa shape index (κ3) is 4.40. The number of aromatic nitrogens is 3. The van der Waals surface area contributed by atoms with E-state index >= 15 is 0 Å². The van der Waals surface area contributed by atoms with Crippen LogP contribution in [0.15, 0.2) is 18.6 Å². The first-order valence-electron chi connectivity index (χ1n) is 10.3. The van der Waals surface area contributed by atoms with Gasteiger partial charge in [0, 0.05) is 54.8 Å². The molecule has 3 fully saturated rings. The molecule has 0 aromatic carbocycles. The molecule has 1 saturated heterocycles. The van der Waals surface area contributed by atoms with Crippen LogP contribution in [-0.4, -0.2) is 45.0 Å². The van der Waals surface area contributed by atoms with Gasteiger partial charge in [-0.2, -0.15) is 13.2 Å². The molecule has 156 valence electrons. The monoisotopic (exact) mass is 423 g/mol. The summed E-state index contributed by atoms with van der Waals surface area (Å²) in [5.41, 5.74) is -0.859. The molecule has 0 unspecified atom stereocenters. The van der Waals surface area contributed by atoms with Gasteiger partial charge in [-0.1, -0.05) is 0 Å². The van der Waals surface area contributed by atoms with Crippen molar-refractivity contribution in [1.29, 1.82) is 0 Å². The van der Waals surface area contributed by atoms with Crippen molar-refractivity contribution in [2.75, 3.05) is 18.0 Å². The highest BCUT2D eigenvalue weighted by atomic mass is 32.1. The van der Waals surface area contributed by atoms with Gasteiger partial charge in [-0.15, -0.1) is 11.3 Å². The zero-order chi connectivity index (χ0) is 20.0. The number of likely N-dealkylation sites (tertiary alicyclic amines) is 1. The normalized spacial score (nSPS) is 21.5. The van der Waals surface area contributed by atoms with Gasteiger partial charge >= 0.3 is 6.18 Å². The summed E-state index contributed by atoms with van der Waals surface area (Å²) < 4.78 is 39.3. The van der Waals surface area contributed by atoms with Crippen LogP contribution in [0.25, 0.3) is 0 Å². The van der Waals surface area contributed by atoms with Crippen molar-refractivity contribution in [3.8, 4) is 0 Å². The Morgan fingerprint density at radius 2 is 1.72 bits per heavy atom. The minimum Gasteiger partial charge on any atom is -0.350 e. The molecule has 2 aromatic rings. The lowest BCUT2D eigenvalue weighted by Gasteiger charge is -2.39. The second-order valence-corrected chi connectivity index (χ2v) is 9.49. The quantitative estimate of drug-likeness (QED) is 0.686. The Hall–Kier alpha value is -1.74. The first kappa shape index (κ1) is 19.2. The third-order valence-electron chi connectivity index (χ3n) is 5.98. The lowest BCUT2D eigenvalue weighted by molar-refractivity contribution is -0.141. The topological polar surface area (TPSA) is 45.2 Å². The standard InChI is InChI=1S/C20H24F3N5S/c21-20(22,23)17-9-18(26-12-25-17)28(14-3-4-14)15-5-7-27(8-6-15)11-16-10-24-19(29-16)13-1-2-13/h9-10,12-15H,1-8,11H2. The average Bonchev–Trinajstić information content (AvgIpc) is 3.63. The third-order valence-corrected chi connectivity index (χ3v) is 7.12. The molecule has 2 aliphatic carbocycles. The molecular weight excluding hydrogens is 399 g/mol. The number of piperidine rings is 1. The van der Waals surface area contributed by atoms with E-state index in [-0.39, 0.29) is 6.04 Å². The molecule has 2 saturated carbocycles. The van der Waals surface area contributed by atoms with Gasteiger partial charge in [-0.05, 0) is 38.5 Å². The van der Waals surface area contributed by atoms with E-state index in [0.717, 1.165) is 57.7 Å². The molecule has 5 rings (SSSR count). The summed E-state index contributed by atoms with van der Waals surface area (Å²) in [7, 11) is 0. The van der Waals surface area contributed by atoms with Gasteiger partial charge in [-0.25, -0.2) is 15.0 Å². The van der Waals surface area contributed by atoms with Gasteiger partial charge in [0.2, 0.25) is 0 Å². The second kappa shape index (κ2) is 7.50. The molecule has 3 heterocycles. The van der Waals surface area contributed by atoms with Crippen LogP contribution in [0.5, 0.6) is 0 Å². The van der Waals surface area contributed by atoms with E-state index in [4.69, 9.17) is 0 Å². The average molecular weight is 424 g/mol. The number of hydrogen-bond donors (Lipinski definition) is 0. The fourth-order valence-corrected chi connectivity index (χ4v) is 5.29. The Bertz CT molecular complexity index is 854. The number of rotatable bonds is 6. The van der Waals surface area contributed by atoms with Crippen LogP contribution in [0, 0.1) is 0 Å². The van der Waals surface area contributed by atoms with Crippen molar-refractivity contribution in [3.05, 3.63) is 34.2 Å². The van der Waals surface area contributed by atoms with Crippen LogP contribution in [0.1, 0.15) is 60.0 Å². The fourth-order valence-electron chi connectivity index (χ4n) is 4.16. The number of thiazole rings is 1. The van der Waals surface area contributed by atoms with E-state index in [0.29, 0.717) is 17.8 Å². The molecule has 0 N–H and O–H groups in total. The second-order valence-electron chi connectivity index (χ2n) is 8.34. The maximum atomic E-state index is 13.1. The van der Waals surface area contributed by atoms with E-state index in [9.17, 15) is 13.2 Å². The molecular formula is C20H24F3N5S. The predicted octanol–water partition coefficient (Wildman–Crippen LogP) is 4.46. The van der Waals surface area contributed by atoms with Gasteiger partial charge in [0.15, 0.2) is 0 Å². The smallest absolute Gasteiger partial charge is 0.350 e. The van der Waals surface area contributed by atoms with Gasteiger partial charge in [0.1, 0.15) is 17.8 Å². The molecule has 3 aliphatic rings. The summed E-state index contributed by atoms with van der Waals surface area (Å²) in [6.07, 6.45) is 5.09. The molecule has 29 heavy (non-hydrogen) atoms. The maximum Gasteiger partial charge on any atom is 0.433 e. The van der Waals surface area contributed by atoms with Crippen molar-refractivity contribution in [3.63, 3.8) is 0 Å². The summed E-state index contributed by atoms with van der Waals surface area (Å²) in [6.45, 7) is 2.82. The van der Waals surface area contributed by atoms with Crippen molar-refractivity contribution >= 4 is 17.2 Å². The maximum absolute atomic E-state index is 13.1. The summed E-state index contributed by atoms with van der Waals surface area (Å²) in [5, 5.41) is 1.28. The Kier molecular flexibility index (Phi) is 4.98. The number of hydrogen-bond acceptors (Lipinski definition) is 6. The summed E-state index contributed by atoms with van der Waals surface area (Å²) in [6, 6.07) is 1.66. The van der Waals surface area contributed by atoms with Gasteiger partial charge in [0.25, 0.3) is 0 Å². The zero-order valence-electron chi connectivity index (χ0n) is 16.1. The van der Waals surface area contributed by atoms with Crippen LogP contribution in [0.4, 0.5) is 19.0 Å². The van der Waals surface area contributed by atoms with Crippen molar-refractivity contribution < 1.29 is 13.2 Å². The number of nitrogens with zero attached hydrogens (tertiary/aromatic N) is 5. The summed E-state index contributed by atoms with van der Waals surface area (Å²) in [5.74, 6) is 1.12. The Labute approximate surface area is 172 Å². The van der Waals surface area contributed by atoms with Crippen LogP contribution in [0.3, 0.4) is 0 Å². The minimum atomic E-state index is -4.44. The van der Waals surface area contributed by atoms with Crippen molar-refractivity contribution in [1.82, 2.24) is 19.9 Å². The molecule has 0 spiro atoms. The molecule has 5 nitrogen and oxygen atoms in total. The lowest BCUT2D eigenvalue weighted by atomic mass is 10.0. The Balaban J connectivity index is 1.23. The van der Waals surface area contributed by atoms with Crippen LogP contribution >= 0.6 is 11.3 Å². The highest BCUT2D eigenvalue weighted by Crippen LogP contribution is 2.42. The molecule has 2 aromatic heterocycles. The predicted molar refractivity (Wildman–Crippen MR) is 105 cm³/mol. The van der Waals surface area contributed by atoms with Crippen molar-refractivity contribution in [2.45, 2.75) is 69.2 Å². The highest BCUT2D eigenvalue weighted by molar-refractivity contribution is 7.11. The first-order valence-corrected chi connectivity index (χ1v) is 11.1. The van der Waals surface area contributed by atoms with Crippen molar-refractivity contribution in [2.24, 2.45) is 0 Å². The largest absolute Gasteiger partial charge is 0.433 e. The van der Waals surface area contributed by atoms with Gasteiger partial charge in [-0.3, -0.25) is 4.90 Å². The summed E-state index contributed by atoms with van der Waals surface area (Å²) in [4.78, 5) is 18.1. The Morgan fingerprint density at radius 3 is 2.38 bits per heavy atom. The van der Waals surface area contributed by atoms with Crippen LogP contribution < -0.4 is 4.90 Å². The number of anilines is 1. The molecule has 0 atom stereocenters. The highest BCUT2D eigenvalue weighted by Gasteiger charge is 2.39. The van der Waals surface area contributed by atoms with Crippen LogP contribution in [-0.2, 0) is 12.7 Å². The van der Waals surface area contributed by atoms with E-state index in [2.05, 4.69) is 24.8 Å². The summed E-state index contributed by atoms with van der Waals surface area (Å²) >= 11 is 1.83. The molecule has 1 aliphatic heterocycles. The van der Waals surface area contributed by atoms with Gasteiger partial charge < -0.3 is 4.90 Å². The zero-order valence-corrected chi connectivity index (χ0v) is 16.9. The molecule has 9 heteroatoms. The molecule has 0 radical (unpaired) electrons. The minimum absolute atomic E-state index is 0.234. The van der Waals surface area contributed by atoms with E-state index < -0.39 is 11.9 Å². The Morgan fingerprint density at radius 1 is 1.00 bits per heavy atom. The van der Waals surface area contributed by atoms with E-state index in [1.165, 1.54) is 22.7 Å². The van der Waals surface area contributed by atoms with E-state index in [1.54, 1.807) is 0 Å².